The third-order valence-corrected chi connectivity index (χ3v) is 4.48. The number of hydrogen-bond acceptors (Lipinski definition) is 1. The molecule has 0 heterocycles. The van der Waals surface area contributed by atoms with Gasteiger partial charge in [-0.1, -0.05) is 30.3 Å². The molecule has 2 saturated carbocycles. The first-order chi connectivity index (χ1) is 9.31. The van der Waals surface area contributed by atoms with E-state index in [0.717, 1.165) is 11.0 Å². The van der Waals surface area contributed by atoms with E-state index in [9.17, 15) is 0 Å². The highest BCUT2D eigenvalue weighted by Crippen LogP contribution is 2.32. The molecular weight excluding hydrogens is 252 g/mol. The van der Waals surface area contributed by atoms with Gasteiger partial charge >= 0.3 is 0 Å². The van der Waals surface area contributed by atoms with Gasteiger partial charge in [0.15, 0.2) is 5.11 Å². The predicted molar refractivity (Wildman–Crippen MR) is 83.3 cm³/mol. The number of nitrogens with one attached hydrogen (secondary N) is 2. The lowest BCUT2D eigenvalue weighted by Gasteiger charge is -2.30. The van der Waals surface area contributed by atoms with Crippen LogP contribution in [0.25, 0.3) is 0 Å². The van der Waals surface area contributed by atoms with Gasteiger partial charge in [0.2, 0.25) is 0 Å². The van der Waals surface area contributed by atoms with Crippen LogP contribution >= 0.6 is 12.2 Å². The Morgan fingerprint density at radius 2 is 1.37 bits per heavy atom. The van der Waals surface area contributed by atoms with Gasteiger partial charge in [-0.05, 0) is 62.2 Å². The quantitative estimate of drug-likeness (QED) is 0.827. The Bertz CT molecular complexity index is 420. The maximum absolute atomic E-state index is 5.35. The van der Waals surface area contributed by atoms with Crippen molar-refractivity contribution >= 4 is 17.3 Å². The molecule has 2 fully saturated rings. The Balaban J connectivity index is 1.45. The first kappa shape index (κ1) is 12.9. The van der Waals surface area contributed by atoms with Crippen LogP contribution in [0.2, 0.25) is 0 Å². The summed E-state index contributed by atoms with van der Waals surface area (Å²) >= 11 is 5.35. The second kappa shape index (κ2) is 5.91. The molecule has 0 bridgehead atoms. The molecule has 2 aliphatic carbocycles. The monoisotopic (exact) mass is 274 g/mol. The summed E-state index contributed by atoms with van der Waals surface area (Å²) in [6.07, 6.45) is 7.56. The number of hydrogen-bond donors (Lipinski definition) is 2. The fourth-order valence-corrected chi connectivity index (χ4v) is 3.27. The molecule has 2 N–H and O–H groups in total. The van der Waals surface area contributed by atoms with Crippen molar-refractivity contribution in [2.75, 3.05) is 0 Å². The first-order valence-corrected chi connectivity index (χ1v) is 7.84. The highest BCUT2D eigenvalue weighted by Gasteiger charge is 2.25. The molecule has 0 saturated heterocycles. The van der Waals surface area contributed by atoms with Gasteiger partial charge in [0.05, 0.1) is 0 Å². The summed E-state index contributed by atoms with van der Waals surface area (Å²) in [6, 6.07) is 12.1. The fourth-order valence-electron chi connectivity index (χ4n) is 2.94. The summed E-state index contributed by atoms with van der Waals surface area (Å²) in [5.74, 6) is 0.740. The van der Waals surface area contributed by atoms with Crippen molar-refractivity contribution in [1.82, 2.24) is 10.6 Å². The van der Waals surface area contributed by atoms with Gasteiger partial charge in [-0.15, -0.1) is 0 Å². The highest BCUT2D eigenvalue weighted by molar-refractivity contribution is 7.80. The van der Waals surface area contributed by atoms with Gasteiger partial charge < -0.3 is 10.6 Å². The second-order valence-corrected chi connectivity index (χ2v) is 6.26. The molecule has 0 unspecified atom stereocenters. The van der Waals surface area contributed by atoms with Crippen molar-refractivity contribution in [1.29, 1.82) is 0 Å². The van der Waals surface area contributed by atoms with Crippen LogP contribution in [-0.2, 0) is 0 Å². The summed E-state index contributed by atoms with van der Waals surface area (Å²) < 4.78 is 0. The first-order valence-electron chi connectivity index (χ1n) is 7.43. The van der Waals surface area contributed by atoms with Crippen LogP contribution in [0.1, 0.15) is 50.0 Å². The largest absolute Gasteiger partial charge is 0.360 e. The topological polar surface area (TPSA) is 24.1 Å². The predicted octanol–water partition coefficient (Wildman–Crippen LogP) is 3.34. The molecular formula is C16H22N2S. The van der Waals surface area contributed by atoms with E-state index in [-0.39, 0.29) is 0 Å². The molecule has 0 atom stereocenters. The van der Waals surface area contributed by atoms with Crippen molar-refractivity contribution in [3.8, 4) is 0 Å². The Hall–Kier alpha value is -1.09. The number of rotatable bonds is 3. The van der Waals surface area contributed by atoms with Crippen LogP contribution < -0.4 is 10.6 Å². The molecule has 2 aliphatic rings. The Labute approximate surface area is 121 Å². The van der Waals surface area contributed by atoms with E-state index in [4.69, 9.17) is 12.2 Å². The van der Waals surface area contributed by atoms with Crippen molar-refractivity contribution in [2.24, 2.45) is 0 Å². The van der Waals surface area contributed by atoms with Crippen LogP contribution in [0.5, 0.6) is 0 Å². The van der Waals surface area contributed by atoms with Crippen molar-refractivity contribution in [3.05, 3.63) is 35.9 Å². The van der Waals surface area contributed by atoms with Gasteiger partial charge in [-0.25, -0.2) is 0 Å². The molecule has 2 nitrogen and oxygen atoms in total. The molecule has 102 valence electrons. The highest BCUT2D eigenvalue weighted by atomic mass is 32.1. The molecule has 0 radical (unpaired) electrons. The molecule has 1 aromatic rings. The van der Waals surface area contributed by atoms with Gasteiger partial charge in [0.25, 0.3) is 0 Å². The van der Waals surface area contributed by atoms with Crippen LogP contribution in [0.3, 0.4) is 0 Å². The zero-order valence-electron chi connectivity index (χ0n) is 11.3. The van der Waals surface area contributed by atoms with Crippen molar-refractivity contribution < 1.29 is 0 Å². The lowest BCUT2D eigenvalue weighted by atomic mass is 9.82. The minimum Gasteiger partial charge on any atom is -0.360 e. The van der Waals surface area contributed by atoms with Crippen LogP contribution in [0.4, 0.5) is 0 Å². The average Bonchev–Trinajstić information content (AvgIpc) is 3.24. The molecule has 1 aromatic carbocycles. The minimum absolute atomic E-state index is 0.568. The summed E-state index contributed by atoms with van der Waals surface area (Å²) in [5.41, 5.74) is 1.50. The molecule has 3 heteroatoms. The third-order valence-electron chi connectivity index (χ3n) is 4.25. The smallest absolute Gasteiger partial charge is 0.166 e. The van der Waals surface area contributed by atoms with Crippen molar-refractivity contribution in [2.45, 2.75) is 56.5 Å². The molecule has 0 aliphatic heterocycles. The molecule has 0 amide bonds. The minimum atomic E-state index is 0.568. The van der Waals surface area contributed by atoms with Gasteiger partial charge in [0.1, 0.15) is 0 Å². The van der Waals surface area contributed by atoms with Crippen LogP contribution in [-0.4, -0.2) is 17.2 Å². The fraction of sp³-hybridized carbons (Fsp3) is 0.562. The Kier molecular flexibility index (Phi) is 4.02. The maximum Gasteiger partial charge on any atom is 0.166 e. The van der Waals surface area contributed by atoms with Crippen LogP contribution in [0, 0.1) is 0 Å². The van der Waals surface area contributed by atoms with Crippen molar-refractivity contribution in [3.63, 3.8) is 0 Å². The zero-order chi connectivity index (χ0) is 13.1. The molecule has 3 rings (SSSR count). The van der Waals surface area contributed by atoms with Gasteiger partial charge in [-0.3, -0.25) is 0 Å². The lowest BCUT2D eigenvalue weighted by molar-refractivity contribution is 0.372. The number of benzene rings is 1. The Morgan fingerprint density at radius 1 is 0.842 bits per heavy atom. The summed E-state index contributed by atoms with van der Waals surface area (Å²) in [6.45, 7) is 0. The summed E-state index contributed by atoms with van der Waals surface area (Å²) in [5, 5.41) is 7.71. The van der Waals surface area contributed by atoms with E-state index in [1.807, 2.05) is 0 Å². The molecule has 0 aromatic heterocycles. The number of thiocarbonyl (C=S) groups is 1. The SMILES string of the molecule is S=C(NC1CC1)NC1CCC(c2ccccc2)CC1. The Morgan fingerprint density at radius 3 is 1.89 bits per heavy atom. The average molecular weight is 274 g/mol. The van der Waals surface area contributed by atoms with E-state index in [1.165, 1.54) is 44.1 Å². The van der Waals surface area contributed by atoms with Gasteiger partial charge in [0, 0.05) is 12.1 Å². The normalized spacial score (nSPS) is 26.7. The summed E-state index contributed by atoms with van der Waals surface area (Å²) in [7, 11) is 0. The molecule has 0 spiro atoms. The maximum atomic E-state index is 5.35. The molecule has 19 heavy (non-hydrogen) atoms. The van der Waals surface area contributed by atoms with Gasteiger partial charge in [-0.2, -0.15) is 0 Å². The van der Waals surface area contributed by atoms with Crippen LogP contribution in [0.15, 0.2) is 30.3 Å². The van der Waals surface area contributed by atoms with E-state index < -0.39 is 0 Å². The van der Waals surface area contributed by atoms with E-state index in [1.54, 1.807) is 0 Å². The summed E-state index contributed by atoms with van der Waals surface area (Å²) in [4.78, 5) is 0. The lowest BCUT2D eigenvalue weighted by Crippen LogP contribution is -2.44. The zero-order valence-corrected chi connectivity index (χ0v) is 12.1. The standard InChI is InChI=1S/C16H22N2S/c19-16(18-15-10-11-15)17-14-8-6-13(7-9-14)12-4-2-1-3-5-12/h1-5,13-15H,6-11H2,(H2,17,18,19). The third kappa shape index (κ3) is 3.69. The van der Waals surface area contributed by atoms with E-state index in [0.29, 0.717) is 12.1 Å². The van der Waals surface area contributed by atoms with E-state index in [2.05, 4.69) is 41.0 Å². The van der Waals surface area contributed by atoms with E-state index >= 15 is 0 Å². The second-order valence-electron chi connectivity index (χ2n) is 5.85.